The highest BCUT2D eigenvalue weighted by molar-refractivity contribution is 6.49. The Labute approximate surface area is 192 Å². The van der Waals surface area contributed by atoms with Gasteiger partial charge in [-0.1, -0.05) is 32.9 Å². The minimum Gasteiger partial charge on any atom is -0.431 e. The van der Waals surface area contributed by atoms with E-state index >= 15 is 0 Å². The first-order valence-electron chi connectivity index (χ1n) is 11.1. The SMILES string of the molecule is C[C@H]1C(=O)C=CC2(C)C3CCC4(C)C(c5ccc(=O)oc5)C(Cl)(Cl)CC4(O)C3=CCC12. The molecule has 0 bridgehead atoms. The molecule has 1 N–H and O–H groups in total. The summed E-state index contributed by atoms with van der Waals surface area (Å²) in [6.07, 6.45) is 9.98. The molecule has 0 aromatic carbocycles. The Morgan fingerprint density at radius 3 is 2.61 bits per heavy atom. The lowest BCUT2D eigenvalue weighted by molar-refractivity contribution is -0.124. The lowest BCUT2D eigenvalue weighted by Crippen LogP contribution is -2.57. The first-order chi connectivity index (χ1) is 14.4. The zero-order chi connectivity index (χ0) is 22.4. The third-order valence-electron chi connectivity index (χ3n) is 9.16. The lowest BCUT2D eigenvalue weighted by atomic mass is 9.46. The molecule has 0 saturated heterocycles. The summed E-state index contributed by atoms with van der Waals surface area (Å²) in [6, 6.07) is 3.09. The quantitative estimate of drug-likeness (QED) is 0.461. The summed E-state index contributed by atoms with van der Waals surface area (Å²) >= 11 is 13.8. The predicted molar refractivity (Wildman–Crippen MR) is 120 cm³/mol. The van der Waals surface area contributed by atoms with Gasteiger partial charge in [-0.25, -0.2) is 4.79 Å². The van der Waals surface area contributed by atoms with Gasteiger partial charge in [-0.05, 0) is 59.8 Å². The van der Waals surface area contributed by atoms with Crippen LogP contribution in [0.4, 0.5) is 0 Å². The van der Waals surface area contributed by atoms with Crippen LogP contribution in [-0.4, -0.2) is 20.8 Å². The average molecular weight is 463 g/mol. The fourth-order valence-electron chi connectivity index (χ4n) is 7.48. The molecular weight excluding hydrogens is 435 g/mol. The summed E-state index contributed by atoms with van der Waals surface area (Å²) in [5.41, 5.74) is -0.653. The number of carbonyl (C=O) groups is 1. The highest BCUT2D eigenvalue weighted by Crippen LogP contribution is 2.73. The average Bonchev–Trinajstić information content (AvgIpc) is 2.87. The van der Waals surface area contributed by atoms with Gasteiger partial charge in [0.25, 0.3) is 0 Å². The summed E-state index contributed by atoms with van der Waals surface area (Å²) in [6.45, 7) is 6.31. The van der Waals surface area contributed by atoms with Crippen molar-refractivity contribution in [2.45, 2.75) is 62.3 Å². The number of alkyl halides is 2. The minimum atomic E-state index is -1.21. The zero-order valence-corrected chi connectivity index (χ0v) is 19.5. The van der Waals surface area contributed by atoms with Crippen molar-refractivity contribution in [1.29, 1.82) is 0 Å². The van der Waals surface area contributed by atoms with Crippen LogP contribution in [0, 0.1) is 28.6 Å². The second-order valence-corrected chi connectivity index (χ2v) is 12.1. The van der Waals surface area contributed by atoms with E-state index in [1.807, 2.05) is 6.92 Å². The Bertz CT molecular complexity index is 1050. The number of fused-ring (bicyclic) bond motifs is 5. The smallest absolute Gasteiger partial charge is 0.335 e. The molecule has 1 aromatic rings. The van der Waals surface area contributed by atoms with Gasteiger partial charge in [0.1, 0.15) is 4.33 Å². The molecule has 2 fully saturated rings. The van der Waals surface area contributed by atoms with Crippen LogP contribution in [-0.2, 0) is 4.79 Å². The summed E-state index contributed by atoms with van der Waals surface area (Å²) in [4.78, 5) is 23.8. The predicted octanol–water partition coefficient (Wildman–Crippen LogP) is 5.18. The van der Waals surface area contributed by atoms with E-state index in [1.54, 1.807) is 12.1 Å². The van der Waals surface area contributed by atoms with Crippen LogP contribution >= 0.6 is 23.2 Å². The van der Waals surface area contributed by atoms with E-state index < -0.39 is 21.0 Å². The van der Waals surface area contributed by atoms with E-state index in [9.17, 15) is 14.7 Å². The van der Waals surface area contributed by atoms with E-state index in [2.05, 4.69) is 26.0 Å². The van der Waals surface area contributed by atoms with Crippen molar-refractivity contribution in [1.82, 2.24) is 0 Å². The van der Waals surface area contributed by atoms with Gasteiger partial charge < -0.3 is 9.52 Å². The standard InChI is InChI=1S/C25H28Cl2O4/c1-14-16-5-6-18-17(22(16,2)10-9-19(14)28)8-11-23(3)21(15-4-7-20(29)31-12-15)25(26,27)13-24(18,23)30/h4,6-7,9-10,12,14,16-17,21,30H,5,8,11,13H2,1-3H3/t14-,16?,17?,21?,22?,23?,24?/m1/s1. The summed E-state index contributed by atoms with van der Waals surface area (Å²) < 4.78 is 3.92. The van der Waals surface area contributed by atoms with Crippen molar-refractivity contribution < 1.29 is 14.3 Å². The first-order valence-corrected chi connectivity index (χ1v) is 11.8. The number of halogens is 2. The maximum Gasteiger partial charge on any atom is 0.335 e. The Hall–Kier alpha value is -1.36. The fourth-order valence-corrected chi connectivity index (χ4v) is 8.60. The molecule has 0 radical (unpaired) electrons. The van der Waals surface area contributed by atoms with Gasteiger partial charge in [-0.2, -0.15) is 0 Å². The van der Waals surface area contributed by atoms with Crippen LogP contribution in [0.15, 0.2) is 51.4 Å². The van der Waals surface area contributed by atoms with Gasteiger partial charge in [-0.3, -0.25) is 4.79 Å². The third kappa shape index (κ3) is 2.71. The van der Waals surface area contributed by atoms with Crippen molar-refractivity contribution >= 4 is 29.0 Å². The molecule has 0 amide bonds. The minimum absolute atomic E-state index is 0.0283. The van der Waals surface area contributed by atoms with Gasteiger partial charge >= 0.3 is 5.63 Å². The van der Waals surface area contributed by atoms with E-state index in [-0.39, 0.29) is 41.3 Å². The maximum atomic E-state index is 12.3. The fraction of sp³-hybridized carbons (Fsp3) is 0.600. The van der Waals surface area contributed by atoms with Crippen LogP contribution in [0.25, 0.3) is 0 Å². The number of carbonyl (C=O) groups excluding carboxylic acids is 1. The third-order valence-corrected chi connectivity index (χ3v) is 9.86. The van der Waals surface area contributed by atoms with Gasteiger partial charge in [0.2, 0.25) is 0 Å². The number of allylic oxidation sites excluding steroid dienone is 3. The molecule has 166 valence electrons. The number of ketones is 1. The van der Waals surface area contributed by atoms with E-state index in [4.69, 9.17) is 27.6 Å². The normalized spacial score (nSPS) is 45.5. The summed E-state index contributed by atoms with van der Waals surface area (Å²) in [5, 5.41) is 12.3. The van der Waals surface area contributed by atoms with Crippen molar-refractivity contribution in [3.05, 3.63) is 58.2 Å². The number of rotatable bonds is 1. The molecule has 31 heavy (non-hydrogen) atoms. The monoisotopic (exact) mass is 462 g/mol. The second-order valence-electron chi connectivity index (χ2n) is 10.5. The Morgan fingerprint density at radius 2 is 1.94 bits per heavy atom. The second kappa shape index (κ2) is 6.59. The molecule has 1 heterocycles. The highest BCUT2D eigenvalue weighted by atomic mass is 35.5. The molecule has 0 spiro atoms. The van der Waals surface area contributed by atoms with Crippen molar-refractivity contribution in [3.8, 4) is 0 Å². The number of hydrogen-bond acceptors (Lipinski definition) is 4. The van der Waals surface area contributed by atoms with Gasteiger partial charge in [0, 0.05) is 29.7 Å². The lowest BCUT2D eigenvalue weighted by Gasteiger charge is -2.59. The van der Waals surface area contributed by atoms with Gasteiger partial charge in [0.05, 0.1) is 11.9 Å². The molecule has 4 nitrogen and oxygen atoms in total. The molecule has 0 aliphatic heterocycles. The van der Waals surface area contributed by atoms with E-state index in [0.29, 0.717) is 0 Å². The maximum absolute atomic E-state index is 12.3. The van der Waals surface area contributed by atoms with Crippen molar-refractivity contribution in [2.75, 3.05) is 0 Å². The Morgan fingerprint density at radius 1 is 1.19 bits per heavy atom. The van der Waals surface area contributed by atoms with Crippen LogP contribution in [0.3, 0.4) is 0 Å². The molecule has 7 atom stereocenters. The highest BCUT2D eigenvalue weighted by Gasteiger charge is 2.71. The molecule has 1 aromatic heterocycles. The molecular formula is C25H28Cl2O4. The Kier molecular flexibility index (Phi) is 4.56. The van der Waals surface area contributed by atoms with Gasteiger partial charge in [-0.15, -0.1) is 23.2 Å². The number of hydrogen-bond donors (Lipinski definition) is 1. The molecule has 4 aliphatic carbocycles. The molecule has 2 saturated carbocycles. The van der Waals surface area contributed by atoms with Crippen LogP contribution in [0.1, 0.15) is 57.9 Å². The van der Waals surface area contributed by atoms with Crippen molar-refractivity contribution in [2.24, 2.45) is 28.6 Å². The molecule has 6 unspecified atom stereocenters. The van der Waals surface area contributed by atoms with E-state index in [0.717, 1.165) is 30.4 Å². The van der Waals surface area contributed by atoms with Crippen molar-refractivity contribution in [3.63, 3.8) is 0 Å². The summed E-state index contributed by atoms with van der Waals surface area (Å²) in [7, 11) is 0. The Balaban J connectivity index is 1.62. The van der Waals surface area contributed by atoms with Crippen LogP contribution in [0.2, 0.25) is 0 Å². The topological polar surface area (TPSA) is 67.5 Å². The van der Waals surface area contributed by atoms with Crippen LogP contribution < -0.4 is 5.63 Å². The molecule has 5 rings (SSSR count). The molecule has 4 aliphatic rings. The van der Waals surface area contributed by atoms with E-state index in [1.165, 1.54) is 12.3 Å². The zero-order valence-electron chi connectivity index (χ0n) is 18.0. The molecule has 6 heteroatoms. The first kappa shape index (κ1) is 21.5. The number of aliphatic hydroxyl groups is 1. The largest absolute Gasteiger partial charge is 0.431 e. The van der Waals surface area contributed by atoms with Gasteiger partial charge in [0.15, 0.2) is 5.78 Å². The summed E-state index contributed by atoms with van der Waals surface area (Å²) in [5.74, 6) is 0.134. The van der Waals surface area contributed by atoms with Crippen LogP contribution in [0.5, 0.6) is 0 Å².